The van der Waals surface area contributed by atoms with Crippen molar-refractivity contribution in [3.8, 4) is 0 Å². The number of hydrogen-bond acceptors (Lipinski definition) is 3. The number of carbonyl (C=O) groups excluding carboxylic acids is 1. The largest absolute Gasteiger partial charge is 0.274 e. The Balaban J connectivity index is 1.84. The average molecular weight is 374 g/mol. The second kappa shape index (κ2) is 7.23. The zero-order chi connectivity index (χ0) is 19.8. The van der Waals surface area contributed by atoms with E-state index in [0.717, 1.165) is 12.0 Å². The van der Waals surface area contributed by atoms with Crippen LogP contribution in [0.25, 0.3) is 0 Å². The average Bonchev–Trinajstić information content (AvgIpc) is 3.17. The third-order valence-electron chi connectivity index (χ3n) is 5.48. The predicted molar refractivity (Wildman–Crippen MR) is 110 cm³/mol. The molecule has 2 atom stereocenters. The van der Waals surface area contributed by atoms with Gasteiger partial charge in [0.25, 0.3) is 0 Å². The minimum Gasteiger partial charge on any atom is -0.274 e. The summed E-state index contributed by atoms with van der Waals surface area (Å²) in [6.07, 6.45) is 2.32. The van der Waals surface area contributed by atoms with E-state index in [-0.39, 0.29) is 23.9 Å². The molecular formula is C23H26N4O. The van der Waals surface area contributed by atoms with Gasteiger partial charge in [-0.25, -0.2) is 4.68 Å². The highest BCUT2D eigenvalue weighted by Gasteiger charge is 2.39. The van der Waals surface area contributed by atoms with Crippen LogP contribution in [0.4, 0.5) is 5.95 Å². The van der Waals surface area contributed by atoms with Gasteiger partial charge < -0.3 is 0 Å². The maximum absolute atomic E-state index is 13.1. The molecule has 0 saturated carbocycles. The second-order valence-electron chi connectivity index (χ2n) is 7.96. The Bertz CT molecular complexity index is 973. The molecule has 0 bridgehead atoms. The minimum atomic E-state index is -0.117. The van der Waals surface area contributed by atoms with Gasteiger partial charge in [0.1, 0.15) is 6.33 Å². The van der Waals surface area contributed by atoms with Gasteiger partial charge in [-0.15, -0.1) is 0 Å². The number of aromatic nitrogens is 3. The Hall–Kier alpha value is -2.95. The Morgan fingerprint density at radius 1 is 0.929 bits per heavy atom. The number of aryl methyl sites for hydroxylation is 2. The fourth-order valence-electron chi connectivity index (χ4n) is 3.86. The van der Waals surface area contributed by atoms with Gasteiger partial charge in [0.15, 0.2) is 0 Å². The first-order valence-corrected chi connectivity index (χ1v) is 9.81. The highest BCUT2D eigenvalue weighted by molar-refractivity contribution is 5.94. The maximum atomic E-state index is 13.1. The van der Waals surface area contributed by atoms with Crippen LogP contribution in [0.5, 0.6) is 0 Å². The second-order valence-corrected chi connectivity index (χ2v) is 7.96. The number of rotatable bonds is 3. The molecule has 1 aromatic heterocycles. The van der Waals surface area contributed by atoms with Crippen molar-refractivity contribution in [2.45, 2.75) is 46.2 Å². The number of fused-ring (bicyclic) bond motifs is 1. The maximum Gasteiger partial charge on any atom is 0.232 e. The van der Waals surface area contributed by atoms with E-state index in [9.17, 15) is 4.79 Å². The quantitative estimate of drug-likeness (QED) is 0.672. The lowest BCUT2D eigenvalue weighted by Crippen LogP contribution is -2.44. The predicted octanol–water partition coefficient (Wildman–Crippen LogP) is 4.62. The first kappa shape index (κ1) is 18.4. The molecule has 144 valence electrons. The first-order chi connectivity index (χ1) is 13.5. The van der Waals surface area contributed by atoms with E-state index in [0.29, 0.717) is 5.95 Å². The summed E-state index contributed by atoms with van der Waals surface area (Å²) in [6.45, 7) is 8.03. The van der Waals surface area contributed by atoms with E-state index in [4.69, 9.17) is 0 Å². The summed E-state index contributed by atoms with van der Waals surface area (Å²) in [5, 5.41) is 4.48. The Morgan fingerprint density at radius 3 is 2.00 bits per heavy atom. The third kappa shape index (κ3) is 3.21. The summed E-state index contributed by atoms with van der Waals surface area (Å²) < 4.78 is 1.90. The molecule has 1 amide bonds. The van der Waals surface area contributed by atoms with Gasteiger partial charge in [0.2, 0.25) is 11.9 Å². The molecule has 0 radical (unpaired) electrons. The normalized spacial score (nSPS) is 19.0. The van der Waals surface area contributed by atoms with E-state index in [1.54, 1.807) is 6.33 Å². The van der Waals surface area contributed by atoms with Crippen LogP contribution >= 0.6 is 0 Å². The number of amides is 1. The molecule has 28 heavy (non-hydrogen) atoms. The summed E-state index contributed by atoms with van der Waals surface area (Å²) in [5.74, 6) is 0.581. The minimum absolute atomic E-state index is 0.0422. The molecule has 3 aromatic rings. The van der Waals surface area contributed by atoms with Crippen molar-refractivity contribution in [3.63, 3.8) is 0 Å². The van der Waals surface area contributed by atoms with Crippen molar-refractivity contribution in [2.75, 3.05) is 4.90 Å². The highest BCUT2D eigenvalue weighted by Crippen LogP contribution is 2.42. The topological polar surface area (TPSA) is 51.0 Å². The molecule has 2 aromatic carbocycles. The van der Waals surface area contributed by atoms with Crippen molar-refractivity contribution in [2.24, 2.45) is 5.92 Å². The van der Waals surface area contributed by atoms with Crippen molar-refractivity contribution in [3.05, 3.63) is 77.1 Å². The van der Waals surface area contributed by atoms with Crippen LogP contribution in [0.1, 0.15) is 54.6 Å². The first-order valence-electron chi connectivity index (χ1n) is 9.81. The van der Waals surface area contributed by atoms with Gasteiger partial charge in [-0.2, -0.15) is 10.1 Å². The Kier molecular flexibility index (Phi) is 4.75. The van der Waals surface area contributed by atoms with E-state index in [2.05, 4.69) is 72.5 Å². The molecule has 0 fully saturated rings. The zero-order valence-electron chi connectivity index (χ0n) is 16.8. The van der Waals surface area contributed by atoms with Gasteiger partial charge >= 0.3 is 0 Å². The Labute approximate surface area is 166 Å². The fraction of sp³-hybridized carbons (Fsp3) is 0.348. The zero-order valence-corrected chi connectivity index (χ0v) is 16.8. The molecule has 0 saturated heterocycles. The van der Waals surface area contributed by atoms with Gasteiger partial charge in [-0.1, -0.05) is 73.5 Å². The fourth-order valence-corrected chi connectivity index (χ4v) is 3.86. The molecule has 0 spiro atoms. The third-order valence-corrected chi connectivity index (χ3v) is 5.48. The number of anilines is 1. The molecule has 5 heteroatoms. The van der Waals surface area contributed by atoms with Crippen molar-refractivity contribution in [1.29, 1.82) is 0 Å². The molecule has 0 N–H and O–H groups in total. The molecule has 0 aliphatic carbocycles. The monoisotopic (exact) mass is 374 g/mol. The lowest BCUT2D eigenvalue weighted by molar-refractivity contribution is -0.122. The molecule has 0 unspecified atom stereocenters. The van der Waals surface area contributed by atoms with E-state index >= 15 is 0 Å². The SMILES string of the molecule is Cc1ccc([C@H]2C[C@H](c3ccc(C)cc3)n3ncnc3N2C(=O)C(C)C)cc1. The summed E-state index contributed by atoms with van der Waals surface area (Å²) in [4.78, 5) is 19.5. The lowest BCUT2D eigenvalue weighted by atomic mass is 9.90. The van der Waals surface area contributed by atoms with Gasteiger partial charge in [0, 0.05) is 5.92 Å². The van der Waals surface area contributed by atoms with E-state index in [1.807, 2.05) is 23.4 Å². The molecule has 4 rings (SSSR count). The Morgan fingerprint density at radius 2 is 1.46 bits per heavy atom. The number of benzene rings is 2. The summed E-state index contributed by atoms with van der Waals surface area (Å²) in [6, 6.07) is 17.0. The van der Waals surface area contributed by atoms with Crippen LogP contribution in [-0.4, -0.2) is 20.7 Å². The summed E-state index contributed by atoms with van der Waals surface area (Å²) in [5.41, 5.74) is 4.75. The van der Waals surface area contributed by atoms with Gasteiger partial charge in [-0.05, 0) is 31.4 Å². The van der Waals surface area contributed by atoms with Crippen LogP contribution in [0.3, 0.4) is 0 Å². The lowest BCUT2D eigenvalue weighted by Gasteiger charge is -2.40. The van der Waals surface area contributed by atoms with E-state index < -0.39 is 0 Å². The number of carbonyl (C=O) groups is 1. The van der Waals surface area contributed by atoms with Crippen molar-refractivity contribution < 1.29 is 4.79 Å². The molecule has 1 aliphatic heterocycles. The summed E-state index contributed by atoms with van der Waals surface area (Å²) >= 11 is 0. The van der Waals surface area contributed by atoms with Gasteiger partial charge in [-0.3, -0.25) is 9.69 Å². The van der Waals surface area contributed by atoms with Crippen LogP contribution < -0.4 is 4.90 Å². The van der Waals surface area contributed by atoms with Crippen molar-refractivity contribution in [1.82, 2.24) is 14.8 Å². The molecule has 5 nitrogen and oxygen atoms in total. The highest BCUT2D eigenvalue weighted by atomic mass is 16.2. The standard InChI is InChI=1S/C23H26N4O/c1-15(2)22(28)26-20(18-9-5-16(3)6-10-18)13-21(27-23(26)24-14-25-27)19-11-7-17(4)8-12-19/h5-12,14-15,20-21H,13H2,1-4H3/t20-,21-/m1/s1. The van der Waals surface area contributed by atoms with E-state index in [1.165, 1.54) is 16.7 Å². The number of nitrogens with zero attached hydrogens (tertiary/aromatic N) is 4. The summed E-state index contributed by atoms with van der Waals surface area (Å²) in [7, 11) is 0. The van der Waals surface area contributed by atoms with Crippen LogP contribution in [0, 0.1) is 19.8 Å². The molecule has 2 heterocycles. The van der Waals surface area contributed by atoms with Crippen molar-refractivity contribution >= 4 is 11.9 Å². The van der Waals surface area contributed by atoms with Crippen LogP contribution in [0.15, 0.2) is 54.9 Å². The smallest absolute Gasteiger partial charge is 0.232 e. The molecular weight excluding hydrogens is 348 g/mol. The molecule has 1 aliphatic rings. The van der Waals surface area contributed by atoms with Gasteiger partial charge in [0.05, 0.1) is 12.1 Å². The number of hydrogen-bond donors (Lipinski definition) is 0. The van der Waals surface area contributed by atoms with Crippen LogP contribution in [0.2, 0.25) is 0 Å². The van der Waals surface area contributed by atoms with Crippen LogP contribution in [-0.2, 0) is 4.79 Å².